The highest BCUT2D eigenvalue weighted by Gasteiger charge is 2.23. The standard InChI is InChI=1S/C20H13Br2FO6S/c21-15-7-11(9-19(25)26)8-16(22)20(15)29-13-3-6-17(24)18(10-13)30(27,28)14-4-1-12(23)2-5-14/h1-8,10,24H,9H2,(H,25,26). The lowest BCUT2D eigenvalue weighted by molar-refractivity contribution is -0.136. The highest BCUT2D eigenvalue weighted by atomic mass is 79.9. The van der Waals surface area contributed by atoms with Gasteiger partial charge in [0.05, 0.1) is 20.3 Å². The molecule has 0 radical (unpaired) electrons. The van der Waals surface area contributed by atoms with Gasteiger partial charge in [0.1, 0.15) is 22.2 Å². The molecule has 30 heavy (non-hydrogen) atoms. The highest BCUT2D eigenvalue weighted by Crippen LogP contribution is 2.40. The molecular formula is C20H13Br2FO6S. The van der Waals surface area contributed by atoms with E-state index >= 15 is 0 Å². The first-order valence-electron chi connectivity index (χ1n) is 8.29. The number of phenolic OH excluding ortho intramolecular Hbond substituents is 1. The molecule has 0 atom stereocenters. The fourth-order valence-electron chi connectivity index (χ4n) is 2.62. The first-order chi connectivity index (χ1) is 14.1. The van der Waals surface area contributed by atoms with E-state index in [1.54, 1.807) is 12.1 Å². The fourth-order valence-corrected chi connectivity index (χ4v) is 5.42. The number of carbonyl (C=O) groups is 1. The number of aromatic hydroxyl groups is 1. The van der Waals surface area contributed by atoms with Gasteiger partial charge in [0.2, 0.25) is 9.84 Å². The zero-order chi connectivity index (χ0) is 22.1. The second kappa shape index (κ2) is 8.75. The second-order valence-corrected chi connectivity index (χ2v) is 9.77. The van der Waals surface area contributed by atoms with E-state index in [0.717, 1.165) is 30.3 Å². The molecule has 3 rings (SSSR count). The number of carboxylic acid groups (broad SMARTS) is 1. The maximum atomic E-state index is 13.1. The quantitative estimate of drug-likeness (QED) is 0.397. The van der Waals surface area contributed by atoms with Crippen LogP contribution >= 0.6 is 31.9 Å². The van der Waals surface area contributed by atoms with Gasteiger partial charge in [-0.15, -0.1) is 0 Å². The van der Waals surface area contributed by atoms with Crippen molar-refractivity contribution in [2.75, 3.05) is 0 Å². The molecule has 0 saturated carbocycles. The van der Waals surface area contributed by atoms with Gasteiger partial charge in [-0.25, -0.2) is 12.8 Å². The molecule has 0 aliphatic rings. The summed E-state index contributed by atoms with van der Waals surface area (Å²) in [6, 6.07) is 11.1. The van der Waals surface area contributed by atoms with Gasteiger partial charge in [-0.3, -0.25) is 4.79 Å². The van der Waals surface area contributed by atoms with Crippen molar-refractivity contribution in [1.82, 2.24) is 0 Å². The number of halogens is 3. The second-order valence-electron chi connectivity index (χ2n) is 6.15. The lowest BCUT2D eigenvalue weighted by atomic mass is 10.1. The molecule has 0 amide bonds. The Kier molecular flexibility index (Phi) is 6.49. The molecule has 0 aromatic heterocycles. The van der Waals surface area contributed by atoms with Gasteiger partial charge in [0, 0.05) is 6.07 Å². The summed E-state index contributed by atoms with van der Waals surface area (Å²) in [5, 5.41) is 19.0. The minimum atomic E-state index is -4.13. The number of hydrogen-bond acceptors (Lipinski definition) is 5. The van der Waals surface area contributed by atoms with Gasteiger partial charge in [0.15, 0.2) is 5.75 Å². The molecule has 10 heteroatoms. The number of sulfone groups is 1. The summed E-state index contributed by atoms with van der Waals surface area (Å²) in [6.07, 6.45) is -0.184. The Morgan fingerprint density at radius 2 is 1.60 bits per heavy atom. The van der Waals surface area contributed by atoms with Crippen LogP contribution in [0.25, 0.3) is 0 Å². The topological polar surface area (TPSA) is 101 Å². The number of aliphatic carboxylic acids is 1. The first-order valence-corrected chi connectivity index (χ1v) is 11.4. The van der Waals surface area contributed by atoms with Crippen molar-refractivity contribution >= 4 is 47.7 Å². The van der Waals surface area contributed by atoms with Crippen LogP contribution in [0.4, 0.5) is 4.39 Å². The molecule has 0 heterocycles. The Morgan fingerprint density at radius 1 is 1.00 bits per heavy atom. The summed E-state index contributed by atoms with van der Waals surface area (Å²) < 4.78 is 45.5. The van der Waals surface area contributed by atoms with Crippen molar-refractivity contribution in [3.05, 3.63) is 74.9 Å². The summed E-state index contributed by atoms with van der Waals surface area (Å²) >= 11 is 6.62. The molecule has 2 N–H and O–H groups in total. The van der Waals surface area contributed by atoms with E-state index in [2.05, 4.69) is 31.9 Å². The van der Waals surface area contributed by atoms with E-state index in [0.29, 0.717) is 20.3 Å². The monoisotopic (exact) mass is 558 g/mol. The van der Waals surface area contributed by atoms with Crippen LogP contribution in [0.15, 0.2) is 73.3 Å². The van der Waals surface area contributed by atoms with E-state index in [9.17, 15) is 22.7 Å². The Labute approximate surface area is 188 Å². The van der Waals surface area contributed by atoms with Crippen LogP contribution in [0.2, 0.25) is 0 Å². The summed E-state index contributed by atoms with van der Waals surface area (Å²) in [5.41, 5.74) is 0.527. The zero-order valence-corrected chi connectivity index (χ0v) is 19.0. The number of phenols is 1. The smallest absolute Gasteiger partial charge is 0.307 e. The third kappa shape index (κ3) is 4.82. The maximum Gasteiger partial charge on any atom is 0.307 e. The molecule has 6 nitrogen and oxygen atoms in total. The van der Waals surface area contributed by atoms with Gasteiger partial charge in [0.25, 0.3) is 0 Å². The third-order valence-corrected chi connectivity index (χ3v) is 6.95. The molecule has 0 aliphatic carbocycles. The largest absolute Gasteiger partial charge is 0.507 e. The van der Waals surface area contributed by atoms with Gasteiger partial charge >= 0.3 is 5.97 Å². The molecule has 156 valence electrons. The molecular weight excluding hydrogens is 547 g/mol. The first kappa shape index (κ1) is 22.3. The minimum Gasteiger partial charge on any atom is -0.507 e. The summed E-state index contributed by atoms with van der Waals surface area (Å²) in [6.45, 7) is 0. The number of carboxylic acids is 1. The summed E-state index contributed by atoms with van der Waals surface area (Å²) in [4.78, 5) is 10.3. The maximum absolute atomic E-state index is 13.1. The lowest BCUT2D eigenvalue weighted by Crippen LogP contribution is -2.03. The van der Waals surface area contributed by atoms with Crippen molar-refractivity contribution < 1.29 is 32.6 Å². The number of rotatable bonds is 6. The Balaban J connectivity index is 1.98. The summed E-state index contributed by atoms with van der Waals surface area (Å²) in [5.74, 6) is -1.66. The molecule has 3 aromatic carbocycles. The predicted molar refractivity (Wildman–Crippen MR) is 113 cm³/mol. The SMILES string of the molecule is O=C(O)Cc1cc(Br)c(Oc2ccc(O)c(S(=O)(=O)c3ccc(F)cc3)c2)c(Br)c1. The van der Waals surface area contributed by atoms with E-state index in [1.807, 2.05) is 0 Å². The third-order valence-electron chi connectivity index (χ3n) is 3.98. The van der Waals surface area contributed by atoms with Crippen molar-refractivity contribution in [2.45, 2.75) is 16.2 Å². The Hall–Kier alpha value is -2.43. The van der Waals surface area contributed by atoms with E-state index in [4.69, 9.17) is 9.84 Å². The molecule has 0 saturated heterocycles. The molecule has 0 bridgehead atoms. The fraction of sp³-hybridized carbons (Fsp3) is 0.0500. The number of benzene rings is 3. The summed E-state index contributed by atoms with van der Waals surface area (Å²) in [7, 11) is -4.13. The van der Waals surface area contributed by atoms with Crippen LogP contribution in [0, 0.1) is 5.82 Å². The lowest BCUT2D eigenvalue weighted by Gasteiger charge is -2.13. The molecule has 3 aromatic rings. The molecule has 0 aliphatic heterocycles. The van der Waals surface area contributed by atoms with Crippen LogP contribution in [0.3, 0.4) is 0 Å². The predicted octanol–water partition coefficient (Wildman–Crippen LogP) is 5.31. The number of ether oxygens (including phenoxy) is 1. The van der Waals surface area contributed by atoms with Crippen LogP contribution in [-0.2, 0) is 21.1 Å². The molecule has 0 fully saturated rings. The molecule has 0 unspecified atom stereocenters. The van der Waals surface area contributed by atoms with Crippen LogP contribution < -0.4 is 4.74 Å². The number of hydrogen-bond donors (Lipinski definition) is 2. The van der Waals surface area contributed by atoms with Gasteiger partial charge in [-0.2, -0.15) is 0 Å². The van der Waals surface area contributed by atoms with Crippen molar-refractivity contribution in [3.63, 3.8) is 0 Å². The van der Waals surface area contributed by atoms with Crippen molar-refractivity contribution in [1.29, 1.82) is 0 Å². The Bertz CT molecular complexity index is 1200. The van der Waals surface area contributed by atoms with E-state index in [-0.39, 0.29) is 17.1 Å². The van der Waals surface area contributed by atoms with E-state index in [1.165, 1.54) is 12.1 Å². The average Bonchev–Trinajstić information content (AvgIpc) is 2.65. The van der Waals surface area contributed by atoms with Crippen molar-refractivity contribution in [2.24, 2.45) is 0 Å². The highest BCUT2D eigenvalue weighted by molar-refractivity contribution is 9.11. The Morgan fingerprint density at radius 3 is 2.17 bits per heavy atom. The van der Waals surface area contributed by atoms with Crippen LogP contribution in [0.5, 0.6) is 17.2 Å². The molecule has 0 spiro atoms. The van der Waals surface area contributed by atoms with Gasteiger partial charge < -0.3 is 14.9 Å². The van der Waals surface area contributed by atoms with Crippen molar-refractivity contribution in [3.8, 4) is 17.2 Å². The van der Waals surface area contributed by atoms with Crippen LogP contribution in [-0.4, -0.2) is 24.6 Å². The normalized spacial score (nSPS) is 11.3. The van der Waals surface area contributed by atoms with Crippen LogP contribution in [0.1, 0.15) is 5.56 Å². The van der Waals surface area contributed by atoms with Gasteiger partial charge in [-0.1, -0.05) is 0 Å². The zero-order valence-electron chi connectivity index (χ0n) is 15.0. The minimum absolute atomic E-state index is 0.112. The van der Waals surface area contributed by atoms with Gasteiger partial charge in [-0.05, 0) is 86.0 Å². The average molecular weight is 560 g/mol. The van der Waals surface area contributed by atoms with E-state index < -0.39 is 32.3 Å².